The predicted molar refractivity (Wildman–Crippen MR) is 75.5 cm³/mol. The summed E-state index contributed by atoms with van der Waals surface area (Å²) in [5.74, 6) is 1.70. The number of halogens is 2. The van der Waals surface area contributed by atoms with Crippen molar-refractivity contribution >= 4 is 34.2 Å². The first-order valence-electron chi connectivity index (χ1n) is 6.18. The van der Waals surface area contributed by atoms with Crippen LogP contribution in [0.4, 0.5) is 0 Å². The number of nitrogens with two attached hydrogens (primary N) is 1. The molecule has 1 saturated carbocycles. The van der Waals surface area contributed by atoms with Gasteiger partial charge in [-0.05, 0) is 31.9 Å². The Labute approximate surface area is 116 Å². The largest absolute Gasteiger partial charge is 0.328 e. The number of rotatable bonds is 3. The van der Waals surface area contributed by atoms with Gasteiger partial charge >= 0.3 is 0 Å². The second kappa shape index (κ2) is 4.41. The van der Waals surface area contributed by atoms with Gasteiger partial charge in [-0.1, -0.05) is 23.2 Å². The van der Waals surface area contributed by atoms with Crippen LogP contribution in [-0.4, -0.2) is 16.1 Å². The molecule has 1 unspecified atom stereocenters. The normalized spacial score (nSPS) is 17.3. The van der Waals surface area contributed by atoms with Crippen molar-refractivity contribution in [2.45, 2.75) is 31.7 Å². The van der Waals surface area contributed by atoms with Crippen molar-refractivity contribution in [3.63, 3.8) is 0 Å². The molecule has 2 aromatic rings. The zero-order valence-corrected chi connectivity index (χ0v) is 11.7. The molecule has 0 saturated heterocycles. The first-order valence-corrected chi connectivity index (χ1v) is 6.94. The van der Waals surface area contributed by atoms with Gasteiger partial charge in [0.05, 0.1) is 21.1 Å². The SMILES string of the molecule is CC(CN)n1c(C2CC2)nc2cc(Cl)c(Cl)cc21. The molecule has 1 aromatic carbocycles. The van der Waals surface area contributed by atoms with Gasteiger partial charge < -0.3 is 10.3 Å². The van der Waals surface area contributed by atoms with Crippen molar-refractivity contribution in [2.24, 2.45) is 5.73 Å². The Bertz CT molecular complexity index is 602. The van der Waals surface area contributed by atoms with Crippen molar-refractivity contribution in [1.82, 2.24) is 9.55 Å². The van der Waals surface area contributed by atoms with E-state index in [1.165, 1.54) is 12.8 Å². The van der Waals surface area contributed by atoms with Gasteiger partial charge in [-0.2, -0.15) is 0 Å². The standard InChI is InChI=1S/C13H15Cl2N3/c1-7(6-16)18-12-5-10(15)9(14)4-11(12)17-13(18)8-2-3-8/h4-5,7-8H,2-3,6,16H2,1H3. The lowest BCUT2D eigenvalue weighted by Crippen LogP contribution is -2.17. The summed E-state index contributed by atoms with van der Waals surface area (Å²) in [5, 5.41) is 1.12. The Morgan fingerprint density at radius 1 is 1.39 bits per heavy atom. The maximum absolute atomic E-state index is 6.11. The first-order chi connectivity index (χ1) is 8.61. The molecule has 0 aliphatic heterocycles. The molecule has 3 rings (SSSR count). The van der Waals surface area contributed by atoms with Gasteiger partial charge in [0.2, 0.25) is 0 Å². The molecule has 0 bridgehead atoms. The quantitative estimate of drug-likeness (QED) is 0.933. The van der Waals surface area contributed by atoms with Crippen LogP contribution in [0.1, 0.15) is 37.5 Å². The number of hydrogen-bond donors (Lipinski definition) is 1. The van der Waals surface area contributed by atoms with Crippen LogP contribution in [0.5, 0.6) is 0 Å². The van der Waals surface area contributed by atoms with Gasteiger partial charge in [0.1, 0.15) is 5.82 Å². The summed E-state index contributed by atoms with van der Waals surface area (Å²) >= 11 is 12.2. The second-order valence-corrected chi connectivity index (χ2v) is 5.77. The van der Waals surface area contributed by atoms with Crippen LogP contribution in [0.15, 0.2) is 12.1 Å². The van der Waals surface area contributed by atoms with E-state index in [1.807, 2.05) is 12.1 Å². The van der Waals surface area contributed by atoms with Crippen molar-refractivity contribution < 1.29 is 0 Å². The van der Waals surface area contributed by atoms with E-state index >= 15 is 0 Å². The van der Waals surface area contributed by atoms with Gasteiger partial charge in [-0.15, -0.1) is 0 Å². The van der Waals surface area contributed by atoms with E-state index in [9.17, 15) is 0 Å². The lowest BCUT2D eigenvalue weighted by atomic mass is 10.2. The van der Waals surface area contributed by atoms with Crippen LogP contribution in [-0.2, 0) is 0 Å². The molecular weight excluding hydrogens is 269 g/mol. The van der Waals surface area contributed by atoms with Crippen molar-refractivity contribution in [3.8, 4) is 0 Å². The molecule has 1 aromatic heterocycles. The van der Waals surface area contributed by atoms with E-state index in [1.54, 1.807) is 0 Å². The second-order valence-electron chi connectivity index (χ2n) is 4.95. The van der Waals surface area contributed by atoms with Crippen LogP contribution >= 0.6 is 23.2 Å². The van der Waals surface area contributed by atoms with Crippen LogP contribution in [0, 0.1) is 0 Å². The van der Waals surface area contributed by atoms with Crippen LogP contribution in [0.25, 0.3) is 11.0 Å². The predicted octanol–water partition coefficient (Wildman–Crippen LogP) is 3.74. The molecule has 18 heavy (non-hydrogen) atoms. The minimum atomic E-state index is 0.225. The van der Waals surface area contributed by atoms with Crippen molar-refractivity contribution in [2.75, 3.05) is 6.54 Å². The highest BCUT2D eigenvalue weighted by Crippen LogP contribution is 2.42. The smallest absolute Gasteiger partial charge is 0.113 e. The van der Waals surface area contributed by atoms with Gasteiger partial charge in [0.25, 0.3) is 0 Å². The summed E-state index contributed by atoms with van der Waals surface area (Å²) in [6.45, 7) is 2.70. The summed E-state index contributed by atoms with van der Waals surface area (Å²) in [6, 6.07) is 3.96. The van der Waals surface area contributed by atoms with Crippen LogP contribution < -0.4 is 5.73 Å². The molecule has 0 spiro atoms. The Balaban J connectivity index is 2.26. The highest BCUT2D eigenvalue weighted by atomic mass is 35.5. The van der Waals surface area contributed by atoms with E-state index < -0.39 is 0 Å². The molecule has 96 valence electrons. The molecule has 0 radical (unpaired) electrons. The molecule has 3 nitrogen and oxygen atoms in total. The Morgan fingerprint density at radius 3 is 2.67 bits per heavy atom. The minimum Gasteiger partial charge on any atom is -0.328 e. The zero-order valence-electron chi connectivity index (χ0n) is 10.2. The molecule has 1 fully saturated rings. The van der Waals surface area contributed by atoms with Crippen LogP contribution in [0.2, 0.25) is 10.0 Å². The minimum absolute atomic E-state index is 0.225. The van der Waals surface area contributed by atoms with Crippen LogP contribution in [0.3, 0.4) is 0 Å². The lowest BCUT2D eigenvalue weighted by molar-refractivity contribution is 0.548. The fourth-order valence-electron chi connectivity index (χ4n) is 2.31. The topological polar surface area (TPSA) is 43.8 Å². The Hall–Kier alpha value is -0.770. The maximum atomic E-state index is 6.11. The molecular formula is C13H15Cl2N3. The van der Waals surface area contributed by atoms with E-state index in [4.69, 9.17) is 33.9 Å². The van der Waals surface area contributed by atoms with E-state index in [-0.39, 0.29) is 6.04 Å². The maximum Gasteiger partial charge on any atom is 0.113 e. The van der Waals surface area contributed by atoms with Gasteiger partial charge in [-0.3, -0.25) is 0 Å². The van der Waals surface area contributed by atoms with Gasteiger partial charge in [0.15, 0.2) is 0 Å². The summed E-state index contributed by atoms with van der Waals surface area (Å²) in [6.07, 6.45) is 2.42. The summed E-state index contributed by atoms with van der Waals surface area (Å²) < 4.78 is 2.22. The number of hydrogen-bond acceptors (Lipinski definition) is 2. The third kappa shape index (κ3) is 1.91. The number of benzene rings is 1. The first kappa shape index (κ1) is 12.3. The third-order valence-electron chi connectivity index (χ3n) is 3.48. The summed E-state index contributed by atoms with van der Waals surface area (Å²) in [4.78, 5) is 4.71. The van der Waals surface area contributed by atoms with E-state index in [2.05, 4.69) is 11.5 Å². The van der Waals surface area contributed by atoms with Gasteiger partial charge in [0, 0.05) is 18.5 Å². The monoisotopic (exact) mass is 283 g/mol. The molecule has 2 N–H and O–H groups in total. The number of fused-ring (bicyclic) bond motifs is 1. The molecule has 1 atom stereocenters. The highest BCUT2D eigenvalue weighted by Gasteiger charge is 2.30. The fourth-order valence-corrected chi connectivity index (χ4v) is 2.62. The van der Waals surface area contributed by atoms with E-state index in [0.29, 0.717) is 22.5 Å². The van der Waals surface area contributed by atoms with Crippen molar-refractivity contribution in [1.29, 1.82) is 0 Å². The number of aromatic nitrogens is 2. The fraction of sp³-hybridized carbons (Fsp3) is 0.462. The molecule has 1 aliphatic rings. The third-order valence-corrected chi connectivity index (χ3v) is 4.21. The molecule has 1 aliphatic carbocycles. The average molecular weight is 284 g/mol. The molecule has 5 heteroatoms. The van der Waals surface area contributed by atoms with Crippen molar-refractivity contribution in [3.05, 3.63) is 28.0 Å². The number of nitrogens with zero attached hydrogens (tertiary/aromatic N) is 2. The Morgan fingerprint density at radius 2 is 2.06 bits per heavy atom. The average Bonchev–Trinajstić information content (AvgIpc) is 3.13. The molecule has 0 amide bonds. The van der Waals surface area contributed by atoms with E-state index in [0.717, 1.165) is 16.9 Å². The highest BCUT2D eigenvalue weighted by molar-refractivity contribution is 6.42. The zero-order chi connectivity index (χ0) is 12.9. The molecule has 1 heterocycles. The lowest BCUT2D eigenvalue weighted by Gasteiger charge is -2.15. The summed E-state index contributed by atoms with van der Waals surface area (Å²) in [5.41, 5.74) is 7.74. The van der Waals surface area contributed by atoms with Gasteiger partial charge in [-0.25, -0.2) is 4.98 Å². The number of imidazole rings is 1. The Kier molecular flexibility index (Phi) is 3.00. The summed E-state index contributed by atoms with van der Waals surface area (Å²) in [7, 11) is 0.